The van der Waals surface area contributed by atoms with Crippen molar-refractivity contribution in [2.45, 2.75) is 73.1 Å². The Kier molecular flexibility index (Phi) is 8.15. The largest absolute Gasteiger partial charge is 0.458 e. The lowest BCUT2D eigenvalue weighted by Crippen LogP contribution is -2.11. The van der Waals surface area contributed by atoms with Gasteiger partial charge in [0.2, 0.25) is 0 Å². The monoisotopic (exact) mass is 450 g/mol. The molecule has 2 heterocycles. The second-order valence-corrected chi connectivity index (χ2v) is 8.27. The molecule has 0 saturated heterocycles. The second-order valence-electron chi connectivity index (χ2n) is 8.27. The number of nitrogens with one attached hydrogen (secondary N) is 1. The molecule has 0 fully saturated rings. The van der Waals surface area contributed by atoms with Gasteiger partial charge in [0.05, 0.1) is 6.54 Å². The first-order valence-electron chi connectivity index (χ1n) is 11.6. The maximum atomic E-state index is 13.0. The fourth-order valence-corrected chi connectivity index (χ4v) is 4.29. The number of hydrogen-bond acceptors (Lipinski definition) is 4. The molecule has 1 aromatic carbocycles. The normalized spacial score (nSPS) is 11.9. The summed E-state index contributed by atoms with van der Waals surface area (Å²) in [4.78, 5) is 28.0. The van der Waals surface area contributed by atoms with Gasteiger partial charge in [0.1, 0.15) is 18.4 Å². The molecule has 176 valence electrons. The number of benzene rings is 1. The van der Waals surface area contributed by atoms with Crippen LogP contribution in [0.25, 0.3) is 0 Å². The van der Waals surface area contributed by atoms with Gasteiger partial charge in [-0.15, -0.1) is 0 Å². The fraction of sp³-hybridized carbons (Fsp3) is 0.407. The van der Waals surface area contributed by atoms with E-state index >= 15 is 0 Å². The van der Waals surface area contributed by atoms with Crippen LogP contribution in [0.1, 0.15) is 84.2 Å². The molecule has 3 aromatic rings. The van der Waals surface area contributed by atoms with Crippen molar-refractivity contribution in [3.8, 4) is 0 Å². The van der Waals surface area contributed by atoms with Crippen molar-refractivity contribution in [3.05, 3.63) is 81.9 Å². The predicted molar refractivity (Wildman–Crippen MR) is 128 cm³/mol. The Morgan fingerprint density at radius 3 is 2.21 bits per heavy atom. The van der Waals surface area contributed by atoms with Crippen molar-refractivity contribution in [1.82, 2.24) is 9.55 Å². The number of aryl methyl sites for hydroxylation is 2. The van der Waals surface area contributed by atoms with E-state index in [1.807, 2.05) is 44.2 Å². The number of esters is 2. The van der Waals surface area contributed by atoms with Crippen LogP contribution in [0, 0.1) is 6.92 Å². The molecule has 1 unspecified atom stereocenters. The molecule has 0 aliphatic rings. The molecule has 2 aromatic heterocycles. The zero-order valence-electron chi connectivity index (χ0n) is 20.2. The molecule has 1 N–H and O–H groups in total. The minimum Gasteiger partial charge on any atom is -0.458 e. The van der Waals surface area contributed by atoms with Gasteiger partial charge in [0.15, 0.2) is 0 Å². The number of aromatic nitrogens is 2. The van der Waals surface area contributed by atoms with E-state index in [1.165, 1.54) is 18.1 Å². The van der Waals surface area contributed by atoms with Crippen LogP contribution >= 0.6 is 0 Å². The molecule has 1 atom stereocenters. The lowest BCUT2D eigenvalue weighted by Gasteiger charge is -2.18. The highest BCUT2D eigenvalue weighted by Gasteiger charge is 2.27. The molecule has 0 amide bonds. The Hall–Kier alpha value is -3.28. The summed E-state index contributed by atoms with van der Waals surface area (Å²) < 4.78 is 13.3. The fourth-order valence-electron chi connectivity index (χ4n) is 4.29. The highest BCUT2D eigenvalue weighted by atomic mass is 16.5. The molecule has 0 spiro atoms. The molecule has 33 heavy (non-hydrogen) atoms. The zero-order valence-corrected chi connectivity index (χ0v) is 20.2. The molecule has 0 radical (unpaired) electrons. The highest BCUT2D eigenvalue weighted by molar-refractivity contribution is 5.90. The van der Waals surface area contributed by atoms with Gasteiger partial charge < -0.3 is 19.0 Å². The van der Waals surface area contributed by atoms with Crippen LogP contribution in [0.4, 0.5) is 0 Å². The third-order valence-corrected chi connectivity index (χ3v) is 5.96. The number of carbonyl (C=O) groups excluding carboxylic acids is 2. The molecule has 0 bridgehead atoms. The summed E-state index contributed by atoms with van der Waals surface area (Å²) in [5.74, 6) is -0.762. The number of H-pyrrole nitrogens is 1. The summed E-state index contributed by atoms with van der Waals surface area (Å²) in [6.07, 6.45) is 6.41. The van der Waals surface area contributed by atoms with E-state index in [4.69, 9.17) is 9.47 Å². The minimum absolute atomic E-state index is 0.196. The van der Waals surface area contributed by atoms with Gasteiger partial charge in [0.25, 0.3) is 0 Å². The van der Waals surface area contributed by atoms with Crippen LogP contribution in [0.3, 0.4) is 0 Å². The van der Waals surface area contributed by atoms with Crippen LogP contribution in [0.5, 0.6) is 0 Å². The Labute approximate surface area is 195 Å². The van der Waals surface area contributed by atoms with Crippen LogP contribution in [-0.2, 0) is 40.3 Å². The van der Waals surface area contributed by atoms with Crippen molar-refractivity contribution in [1.29, 1.82) is 0 Å². The van der Waals surface area contributed by atoms with Crippen molar-refractivity contribution in [2.24, 2.45) is 0 Å². The number of aromatic amines is 1. The van der Waals surface area contributed by atoms with Crippen LogP contribution in [0.15, 0.2) is 42.7 Å². The minimum atomic E-state index is -0.434. The van der Waals surface area contributed by atoms with E-state index in [0.29, 0.717) is 18.7 Å². The number of carbonyl (C=O) groups is 2. The quantitative estimate of drug-likeness (QED) is 0.404. The SMILES string of the molecule is CCc1cn(Cc2[nH]c(C(=O)OCc3ccccc3)c(C)c2C(CC)OC(C)=O)cc1CC. The van der Waals surface area contributed by atoms with Crippen molar-refractivity contribution in [2.75, 3.05) is 0 Å². The van der Waals surface area contributed by atoms with Crippen molar-refractivity contribution < 1.29 is 19.1 Å². The van der Waals surface area contributed by atoms with Crippen molar-refractivity contribution in [3.63, 3.8) is 0 Å². The highest BCUT2D eigenvalue weighted by Crippen LogP contribution is 2.32. The van der Waals surface area contributed by atoms with E-state index in [9.17, 15) is 9.59 Å². The van der Waals surface area contributed by atoms with Gasteiger partial charge >= 0.3 is 11.9 Å². The lowest BCUT2D eigenvalue weighted by molar-refractivity contribution is -0.146. The van der Waals surface area contributed by atoms with Gasteiger partial charge in [0, 0.05) is 30.6 Å². The summed E-state index contributed by atoms with van der Waals surface area (Å²) >= 11 is 0. The molecule has 0 aliphatic carbocycles. The second kappa shape index (κ2) is 11.0. The third kappa shape index (κ3) is 5.75. The molecule has 0 aliphatic heterocycles. The smallest absolute Gasteiger partial charge is 0.355 e. The summed E-state index contributed by atoms with van der Waals surface area (Å²) in [6.45, 7) is 10.3. The Morgan fingerprint density at radius 2 is 1.67 bits per heavy atom. The summed E-state index contributed by atoms with van der Waals surface area (Å²) in [5, 5.41) is 0. The maximum Gasteiger partial charge on any atom is 0.355 e. The standard InChI is InChI=1S/C27H34N2O4/c1-6-21-14-29(15-22(21)7-2)16-23-25(24(8-3)33-19(5)30)18(4)26(28-23)27(31)32-17-20-12-10-9-11-13-20/h9-15,24,28H,6-8,16-17H2,1-5H3. The molecule has 0 saturated carbocycles. The number of nitrogens with zero attached hydrogens (tertiary/aromatic N) is 1. The van der Waals surface area contributed by atoms with E-state index < -0.39 is 12.1 Å². The average Bonchev–Trinajstić information content (AvgIpc) is 3.36. The van der Waals surface area contributed by atoms with E-state index in [1.54, 1.807) is 0 Å². The Bertz CT molecular complexity index is 1070. The van der Waals surface area contributed by atoms with Gasteiger partial charge in [-0.3, -0.25) is 4.79 Å². The zero-order chi connectivity index (χ0) is 24.0. The Morgan fingerprint density at radius 1 is 1.03 bits per heavy atom. The van der Waals surface area contributed by atoms with E-state index in [2.05, 4.69) is 35.8 Å². The Balaban J connectivity index is 1.95. The first kappa shape index (κ1) is 24.4. The van der Waals surface area contributed by atoms with E-state index in [-0.39, 0.29) is 12.6 Å². The first-order chi connectivity index (χ1) is 15.9. The van der Waals surface area contributed by atoms with Gasteiger partial charge in [-0.1, -0.05) is 51.1 Å². The van der Waals surface area contributed by atoms with Crippen LogP contribution < -0.4 is 0 Å². The predicted octanol–water partition coefficient (Wildman–Crippen LogP) is 5.67. The van der Waals surface area contributed by atoms with E-state index in [0.717, 1.165) is 35.2 Å². The van der Waals surface area contributed by atoms with Crippen LogP contribution in [0.2, 0.25) is 0 Å². The summed E-state index contributed by atoms with van der Waals surface area (Å²) in [5.41, 5.74) is 6.42. The molecular formula is C27H34N2O4. The number of rotatable bonds is 10. The van der Waals surface area contributed by atoms with Crippen molar-refractivity contribution >= 4 is 11.9 Å². The summed E-state index contributed by atoms with van der Waals surface area (Å²) in [7, 11) is 0. The van der Waals surface area contributed by atoms with Gasteiger partial charge in [-0.05, 0) is 48.4 Å². The van der Waals surface area contributed by atoms with Crippen LogP contribution in [-0.4, -0.2) is 21.5 Å². The summed E-state index contributed by atoms with van der Waals surface area (Å²) in [6, 6.07) is 9.59. The third-order valence-electron chi connectivity index (χ3n) is 5.96. The van der Waals surface area contributed by atoms with Gasteiger partial charge in [-0.2, -0.15) is 0 Å². The molecular weight excluding hydrogens is 416 g/mol. The molecule has 3 rings (SSSR count). The topological polar surface area (TPSA) is 73.3 Å². The molecule has 6 heteroatoms. The lowest BCUT2D eigenvalue weighted by atomic mass is 10.0. The number of hydrogen-bond donors (Lipinski definition) is 1. The maximum absolute atomic E-state index is 13.0. The molecule has 6 nitrogen and oxygen atoms in total. The average molecular weight is 451 g/mol. The van der Waals surface area contributed by atoms with Gasteiger partial charge in [-0.25, -0.2) is 4.79 Å². The first-order valence-corrected chi connectivity index (χ1v) is 11.6. The number of ether oxygens (including phenoxy) is 2.